The molecule has 2 rings (SSSR count). The molecule has 3 nitrogen and oxygen atoms in total. The number of nitrogens with two attached hydrogens (primary N) is 1. The number of para-hydroxylation sites is 1. The minimum atomic E-state index is 0.171. The zero-order chi connectivity index (χ0) is 8.55. The molecular formula is C9H12N2O. The van der Waals surface area contributed by atoms with Crippen molar-refractivity contribution in [3.8, 4) is 0 Å². The standard InChI is InChI=1S/C9H12N2O/c10-11-5-7(6-12)8-3-1-2-4-9(8)11/h1-4,7,12H,5-6,10H2. The molecule has 1 aromatic rings. The molecule has 0 spiro atoms. The van der Waals surface area contributed by atoms with E-state index >= 15 is 0 Å². The highest BCUT2D eigenvalue weighted by molar-refractivity contribution is 5.58. The Kier molecular flexibility index (Phi) is 1.75. The van der Waals surface area contributed by atoms with Crippen molar-refractivity contribution in [1.82, 2.24) is 0 Å². The van der Waals surface area contributed by atoms with E-state index in [2.05, 4.69) is 0 Å². The number of anilines is 1. The lowest BCUT2D eigenvalue weighted by atomic mass is 10.0. The zero-order valence-corrected chi connectivity index (χ0v) is 6.77. The monoisotopic (exact) mass is 164 g/mol. The molecule has 1 aromatic carbocycles. The third-order valence-electron chi connectivity index (χ3n) is 2.32. The molecule has 1 aliphatic rings. The second-order valence-electron chi connectivity index (χ2n) is 3.09. The summed E-state index contributed by atoms with van der Waals surface area (Å²) in [5, 5.41) is 10.7. The first-order chi connectivity index (χ1) is 5.83. The first kappa shape index (κ1) is 7.58. The van der Waals surface area contributed by atoms with Crippen molar-refractivity contribution in [3.63, 3.8) is 0 Å². The molecule has 64 valence electrons. The largest absolute Gasteiger partial charge is 0.396 e. The van der Waals surface area contributed by atoms with Crippen LogP contribution in [0.1, 0.15) is 11.5 Å². The van der Waals surface area contributed by atoms with Crippen LogP contribution in [0.25, 0.3) is 0 Å². The van der Waals surface area contributed by atoms with Gasteiger partial charge in [0.1, 0.15) is 0 Å². The van der Waals surface area contributed by atoms with Crippen LogP contribution in [-0.2, 0) is 0 Å². The summed E-state index contributed by atoms with van der Waals surface area (Å²) >= 11 is 0. The highest BCUT2D eigenvalue weighted by Crippen LogP contribution is 2.33. The third kappa shape index (κ3) is 0.983. The number of hydrogen-bond acceptors (Lipinski definition) is 3. The van der Waals surface area contributed by atoms with Crippen molar-refractivity contribution in [1.29, 1.82) is 0 Å². The van der Waals surface area contributed by atoms with E-state index in [0.717, 1.165) is 17.8 Å². The number of hydrogen-bond donors (Lipinski definition) is 2. The van der Waals surface area contributed by atoms with Crippen LogP contribution in [0.5, 0.6) is 0 Å². The average Bonchev–Trinajstić information content (AvgIpc) is 2.44. The van der Waals surface area contributed by atoms with Crippen LogP contribution in [0.3, 0.4) is 0 Å². The van der Waals surface area contributed by atoms with Crippen molar-refractivity contribution in [3.05, 3.63) is 29.8 Å². The Morgan fingerprint density at radius 1 is 1.50 bits per heavy atom. The molecule has 0 radical (unpaired) electrons. The van der Waals surface area contributed by atoms with Crippen LogP contribution in [0, 0.1) is 0 Å². The predicted octanol–water partition coefficient (Wildman–Crippen LogP) is 0.456. The fourth-order valence-electron chi connectivity index (χ4n) is 1.68. The van der Waals surface area contributed by atoms with E-state index in [9.17, 15) is 0 Å². The number of nitrogens with zero attached hydrogens (tertiary/aromatic N) is 1. The van der Waals surface area contributed by atoms with Gasteiger partial charge >= 0.3 is 0 Å². The van der Waals surface area contributed by atoms with Gasteiger partial charge in [-0.1, -0.05) is 18.2 Å². The van der Waals surface area contributed by atoms with Gasteiger partial charge in [-0.05, 0) is 11.6 Å². The van der Waals surface area contributed by atoms with Crippen LogP contribution in [0.2, 0.25) is 0 Å². The van der Waals surface area contributed by atoms with E-state index in [-0.39, 0.29) is 12.5 Å². The maximum atomic E-state index is 9.05. The van der Waals surface area contributed by atoms with E-state index in [1.54, 1.807) is 5.01 Å². The second kappa shape index (κ2) is 2.77. The number of hydrazine groups is 1. The van der Waals surface area contributed by atoms with Gasteiger partial charge in [0.25, 0.3) is 0 Å². The molecular weight excluding hydrogens is 152 g/mol. The number of benzene rings is 1. The quantitative estimate of drug-likeness (QED) is 0.593. The topological polar surface area (TPSA) is 49.5 Å². The maximum absolute atomic E-state index is 9.05. The van der Waals surface area contributed by atoms with Gasteiger partial charge < -0.3 is 10.1 Å². The number of fused-ring (bicyclic) bond motifs is 1. The Hall–Kier alpha value is -1.06. The molecule has 0 bridgehead atoms. The Labute approximate surface area is 71.4 Å². The zero-order valence-electron chi connectivity index (χ0n) is 6.77. The lowest BCUT2D eigenvalue weighted by Gasteiger charge is -2.10. The molecule has 3 N–H and O–H groups in total. The Morgan fingerprint density at radius 2 is 2.25 bits per heavy atom. The van der Waals surface area contributed by atoms with Crippen molar-refractivity contribution < 1.29 is 5.11 Å². The summed E-state index contributed by atoms with van der Waals surface area (Å²) in [6, 6.07) is 7.92. The summed E-state index contributed by atoms with van der Waals surface area (Å²) in [7, 11) is 0. The Balaban J connectivity index is 2.43. The van der Waals surface area contributed by atoms with Crippen LogP contribution in [0.15, 0.2) is 24.3 Å². The van der Waals surface area contributed by atoms with Crippen LogP contribution in [0.4, 0.5) is 5.69 Å². The summed E-state index contributed by atoms with van der Waals surface area (Å²) < 4.78 is 0. The first-order valence-corrected chi connectivity index (χ1v) is 4.05. The lowest BCUT2D eigenvalue weighted by molar-refractivity contribution is 0.271. The van der Waals surface area contributed by atoms with Crippen molar-refractivity contribution >= 4 is 5.69 Å². The third-order valence-corrected chi connectivity index (χ3v) is 2.32. The predicted molar refractivity (Wildman–Crippen MR) is 47.8 cm³/mol. The van der Waals surface area contributed by atoms with E-state index in [4.69, 9.17) is 10.9 Å². The SMILES string of the molecule is NN1CC(CO)c2ccccc21. The van der Waals surface area contributed by atoms with Crippen LogP contribution in [-0.4, -0.2) is 18.3 Å². The molecule has 1 heterocycles. The van der Waals surface area contributed by atoms with E-state index < -0.39 is 0 Å². The molecule has 1 atom stereocenters. The van der Waals surface area contributed by atoms with E-state index in [1.807, 2.05) is 24.3 Å². The fourth-order valence-corrected chi connectivity index (χ4v) is 1.68. The van der Waals surface area contributed by atoms with Crippen molar-refractivity contribution in [2.75, 3.05) is 18.2 Å². The van der Waals surface area contributed by atoms with E-state index in [0.29, 0.717) is 0 Å². The van der Waals surface area contributed by atoms with Gasteiger partial charge in [-0.25, -0.2) is 5.84 Å². The molecule has 3 heteroatoms. The minimum absolute atomic E-state index is 0.171. The van der Waals surface area contributed by atoms with Gasteiger partial charge in [0, 0.05) is 12.5 Å². The first-order valence-electron chi connectivity index (χ1n) is 4.05. The summed E-state index contributed by atoms with van der Waals surface area (Å²) in [6.07, 6.45) is 0. The van der Waals surface area contributed by atoms with Gasteiger partial charge in [0.2, 0.25) is 0 Å². The van der Waals surface area contributed by atoms with Gasteiger partial charge in [-0.3, -0.25) is 0 Å². The Bertz CT molecular complexity index is 288. The highest BCUT2D eigenvalue weighted by atomic mass is 16.3. The average molecular weight is 164 g/mol. The van der Waals surface area contributed by atoms with Gasteiger partial charge in [0.05, 0.1) is 12.3 Å². The van der Waals surface area contributed by atoms with Crippen LogP contribution >= 0.6 is 0 Å². The summed E-state index contributed by atoms with van der Waals surface area (Å²) in [4.78, 5) is 0. The molecule has 0 aliphatic carbocycles. The lowest BCUT2D eigenvalue weighted by Crippen LogP contribution is -2.29. The van der Waals surface area contributed by atoms with E-state index in [1.165, 1.54) is 0 Å². The molecule has 0 amide bonds. The molecule has 0 fully saturated rings. The van der Waals surface area contributed by atoms with Gasteiger partial charge in [-0.2, -0.15) is 0 Å². The fraction of sp³-hybridized carbons (Fsp3) is 0.333. The van der Waals surface area contributed by atoms with Gasteiger partial charge in [0.15, 0.2) is 0 Å². The molecule has 0 aromatic heterocycles. The summed E-state index contributed by atoms with van der Waals surface area (Å²) in [6.45, 7) is 0.889. The highest BCUT2D eigenvalue weighted by Gasteiger charge is 2.25. The molecule has 1 unspecified atom stereocenters. The number of aliphatic hydroxyl groups is 1. The Morgan fingerprint density at radius 3 is 3.00 bits per heavy atom. The number of rotatable bonds is 1. The summed E-state index contributed by atoms with van der Waals surface area (Å²) in [5.74, 6) is 5.92. The molecule has 0 saturated carbocycles. The normalized spacial score (nSPS) is 21.2. The van der Waals surface area contributed by atoms with Gasteiger partial charge in [-0.15, -0.1) is 0 Å². The van der Waals surface area contributed by atoms with Crippen LogP contribution < -0.4 is 10.9 Å². The number of aliphatic hydroxyl groups excluding tert-OH is 1. The molecule has 1 aliphatic heterocycles. The van der Waals surface area contributed by atoms with Crippen molar-refractivity contribution in [2.24, 2.45) is 5.84 Å². The maximum Gasteiger partial charge on any atom is 0.0553 e. The van der Waals surface area contributed by atoms with Crippen molar-refractivity contribution in [2.45, 2.75) is 5.92 Å². The molecule has 0 saturated heterocycles. The smallest absolute Gasteiger partial charge is 0.0553 e. The molecule has 12 heavy (non-hydrogen) atoms. The minimum Gasteiger partial charge on any atom is -0.396 e. The second-order valence-corrected chi connectivity index (χ2v) is 3.09. The summed E-state index contributed by atoms with van der Waals surface area (Å²) in [5.41, 5.74) is 2.19.